The number of imidazole rings is 1. The van der Waals surface area contributed by atoms with Gasteiger partial charge in [0.1, 0.15) is 17.8 Å². The van der Waals surface area contributed by atoms with E-state index in [4.69, 9.17) is 9.88 Å². The third-order valence-electron chi connectivity index (χ3n) is 2.37. The fourth-order valence-electron chi connectivity index (χ4n) is 1.49. The molecule has 2 heterocycles. The highest BCUT2D eigenvalue weighted by molar-refractivity contribution is 7.87. The lowest BCUT2D eigenvalue weighted by Crippen LogP contribution is -2.41. The second kappa shape index (κ2) is 5.61. The van der Waals surface area contributed by atoms with Crippen LogP contribution in [0.3, 0.4) is 0 Å². The zero-order valence-electron chi connectivity index (χ0n) is 10.3. The fourth-order valence-corrected chi connectivity index (χ4v) is 2.91. The smallest absolute Gasteiger partial charge is 0.425 e. The van der Waals surface area contributed by atoms with E-state index in [-0.39, 0.29) is 13.2 Å². The van der Waals surface area contributed by atoms with Crippen molar-refractivity contribution in [2.24, 2.45) is 5.14 Å². The number of nitrogens with zero attached hydrogens (tertiary/aromatic N) is 3. The van der Waals surface area contributed by atoms with Gasteiger partial charge in [0.05, 0.1) is 18.4 Å². The maximum absolute atomic E-state index is 11.7. The van der Waals surface area contributed by atoms with Gasteiger partial charge < -0.3 is 4.74 Å². The van der Waals surface area contributed by atoms with Gasteiger partial charge in [0, 0.05) is 5.38 Å². The number of hydrogen-bond acceptors (Lipinski definition) is 6. The molecule has 0 unspecified atom stereocenters. The summed E-state index contributed by atoms with van der Waals surface area (Å²) in [6.45, 7) is 3.04. The topological polar surface area (TPSA) is 107 Å². The lowest BCUT2D eigenvalue weighted by molar-refractivity contribution is 0.135. The lowest BCUT2D eigenvalue weighted by Gasteiger charge is -2.18. The van der Waals surface area contributed by atoms with Crippen LogP contribution in [-0.2, 0) is 21.5 Å². The second-order valence-corrected chi connectivity index (χ2v) is 6.11. The van der Waals surface area contributed by atoms with E-state index in [1.165, 1.54) is 23.7 Å². The van der Waals surface area contributed by atoms with Gasteiger partial charge in [-0.25, -0.2) is 14.9 Å². The van der Waals surface area contributed by atoms with Crippen molar-refractivity contribution in [2.45, 2.75) is 6.54 Å². The Balaban J connectivity index is 2.27. The minimum atomic E-state index is -4.23. The van der Waals surface area contributed by atoms with Crippen LogP contribution < -0.4 is 5.14 Å². The summed E-state index contributed by atoms with van der Waals surface area (Å²) in [4.78, 5) is 16.5. The Labute approximate surface area is 119 Å². The molecule has 0 saturated heterocycles. The van der Waals surface area contributed by atoms with Crippen LogP contribution in [0, 0.1) is 0 Å². The number of thiazole rings is 1. The first-order valence-electron chi connectivity index (χ1n) is 5.40. The maximum Gasteiger partial charge on any atom is 0.425 e. The third kappa shape index (κ3) is 2.98. The number of fused-ring (bicyclic) bond motifs is 1. The van der Waals surface area contributed by atoms with Gasteiger partial charge in [-0.05, 0) is 0 Å². The molecule has 0 saturated carbocycles. The quantitative estimate of drug-likeness (QED) is 0.818. The number of rotatable bonds is 5. The van der Waals surface area contributed by atoms with Crippen molar-refractivity contribution < 1.29 is 17.9 Å². The van der Waals surface area contributed by atoms with Gasteiger partial charge in [0.25, 0.3) is 0 Å². The van der Waals surface area contributed by atoms with Gasteiger partial charge in [0.15, 0.2) is 0 Å². The van der Waals surface area contributed by atoms with Crippen LogP contribution in [0.2, 0.25) is 0 Å². The molecule has 2 N–H and O–H groups in total. The molecule has 0 aromatic carbocycles. The van der Waals surface area contributed by atoms with Gasteiger partial charge in [-0.2, -0.15) is 12.7 Å². The largest absolute Gasteiger partial charge is 0.444 e. The summed E-state index contributed by atoms with van der Waals surface area (Å²) in [5.74, 6) is 0. The summed E-state index contributed by atoms with van der Waals surface area (Å²) in [6, 6.07) is 0. The van der Waals surface area contributed by atoms with E-state index < -0.39 is 16.3 Å². The SMILES string of the molecule is C=CCOC(=O)N(Cc1csc2cncn12)S(N)(=O)=O. The highest BCUT2D eigenvalue weighted by atomic mass is 32.2. The highest BCUT2D eigenvalue weighted by Gasteiger charge is 2.26. The summed E-state index contributed by atoms with van der Waals surface area (Å²) < 4.78 is 29.8. The van der Waals surface area contributed by atoms with E-state index in [9.17, 15) is 13.2 Å². The first-order valence-corrected chi connectivity index (χ1v) is 7.78. The maximum atomic E-state index is 11.7. The normalized spacial score (nSPS) is 11.4. The Morgan fingerprint density at radius 3 is 3.05 bits per heavy atom. The molecular formula is C10H12N4O4S2. The molecular weight excluding hydrogens is 304 g/mol. The summed E-state index contributed by atoms with van der Waals surface area (Å²) in [6.07, 6.45) is 3.44. The third-order valence-corrected chi connectivity index (χ3v) is 4.20. The Bertz CT molecular complexity index is 733. The predicted molar refractivity (Wildman–Crippen MR) is 73.3 cm³/mol. The van der Waals surface area contributed by atoms with Gasteiger partial charge >= 0.3 is 16.3 Å². The van der Waals surface area contributed by atoms with Gasteiger partial charge in [-0.3, -0.25) is 4.40 Å². The van der Waals surface area contributed by atoms with E-state index in [2.05, 4.69) is 11.6 Å². The Hall–Kier alpha value is -1.91. The van der Waals surface area contributed by atoms with E-state index >= 15 is 0 Å². The number of aromatic nitrogens is 2. The monoisotopic (exact) mass is 316 g/mol. The average molecular weight is 316 g/mol. The van der Waals surface area contributed by atoms with Crippen LogP contribution in [0.1, 0.15) is 5.69 Å². The van der Waals surface area contributed by atoms with Crippen LogP contribution in [0.5, 0.6) is 0 Å². The zero-order chi connectivity index (χ0) is 14.8. The molecule has 108 valence electrons. The molecule has 0 atom stereocenters. The number of carbonyl (C=O) groups is 1. The number of carbonyl (C=O) groups excluding carboxylic acids is 1. The Morgan fingerprint density at radius 1 is 1.65 bits per heavy atom. The van der Waals surface area contributed by atoms with Crippen molar-refractivity contribution in [1.82, 2.24) is 13.7 Å². The molecule has 0 aliphatic rings. The van der Waals surface area contributed by atoms with Crippen LogP contribution in [0.25, 0.3) is 4.83 Å². The van der Waals surface area contributed by atoms with Crippen LogP contribution in [0.4, 0.5) is 4.79 Å². The van der Waals surface area contributed by atoms with Crippen LogP contribution in [0.15, 0.2) is 30.6 Å². The van der Waals surface area contributed by atoms with Gasteiger partial charge in [-0.15, -0.1) is 11.3 Å². The van der Waals surface area contributed by atoms with Crippen molar-refractivity contribution in [2.75, 3.05) is 6.61 Å². The molecule has 10 heteroatoms. The van der Waals surface area contributed by atoms with Gasteiger partial charge in [0.2, 0.25) is 0 Å². The zero-order valence-corrected chi connectivity index (χ0v) is 11.9. The number of nitrogens with two attached hydrogens (primary N) is 1. The molecule has 8 nitrogen and oxygen atoms in total. The molecule has 1 amide bonds. The summed E-state index contributed by atoms with van der Waals surface area (Å²) in [7, 11) is -4.23. The van der Waals surface area contributed by atoms with Gasteiger partial charge in [-0.1, -0.05) is 12.7 Å². The van der Waals surface area contributed by atoms with Crippen molar-refractivity contribution in [3.05, 3.63) is 36.3 Å². The second-order valence-electron chi connectivity index (χ2n) is 3.75. The molecule has 2 aromatic rings. The molecule has 20 heavy (non-hydrogen) atoms. The minimum Gasteiger partial charge on any atom is -0.444 e. The van der Waals surface area contributed by atoms with E-state index in [1.54, 1.807) is 16.0 Å². The molecule has 0 aliphatic carbocycles. The van der Waals surface area contributed by atoms with E-state index in [0.29, 0.717) is 10.00 Å². The van der Waals surface area contributed by atoms with E-state index in [1.807, 2.05) is 0 Å². The number of ether oxygens (including phenoxy) is 1. The molecule has 0 bridgehead atoms. The summed E-state index contributed by atoms with van der Waals surface area (Å²) >= 11 is 1.37. The molecule has 0 fully saturated rings. The van der Waals surface area contributed by atoms with Crippen molar-refractivity contribution >= 4 is 32.5 Å². The molecule has 0 radical (unpaired) electrons. The molecule has 2 aromatic heterocycles. The molecule has 0 spiro atoms. The lowest BCUT2D eigenvalue weighted by atomic mass is 10.5. The Kier molecular flexibility index (Phi) is 4.06. The highest BCUT2D eigenvalue weighted by Crippen LogP contribution is 2.18. The predicted octanol–water partition coefficient (Wildman–Crippen LogP) is 0.724. The van der Waals surface area contributed by atoms with E-state index in [0.717, 1.165) is 4.83 Å². The van der Waals surface area contributed by atoms with Crippen molar-refractivity contribution in [3.63, 3.8) is 0 Å². The average Bonchev–Trinajstić information content (AvgIpc) is 2.95. The van der Waals surface area contributed by atoms with Crippen LogP contribution >= 0.6 is 11.3 Å². The minimum absolute atomic E-state index is 0.102. The summed E-state index contributed by atoms with van der Waals surface area (Å²) in [5.41, 5.74) is 0.562. The Morgan fingerprint density at radius 2 is 2.40 bits per heavy atom. The van der Waals surface area contributed by atoms with Crippen molar-refractivity contribution in [1.29, 1.82) is 0 Å². The molecule has 2 rings (SSSR count). The summed E-state index contributed by atoms with van der Waals surface area (Å²) in [5, 5.41) is 6.76. The first kappa shape index (κ1) is 14.5. The van der Waals surface area contributed by atoms with Crippen LogP contribution in [-0.4, -0.2) is 34.8 Å². The molecule has 0 aliphatic heterocycles. The van der Waals surface area contributed by atoms with Crippen molar-refractivity contribution in [3.8, 4) is 0 Å². The standard InChI is InChI=1S/C10H12N4O4S2/c1-2-3-18-10(15)14(20(11,16)17)5-8-6-19-9-4-12-7-13(8)9/h2,4,6-7H,1,3,5H2,(H2,11,16,17). The fraction of sp³-hybridized carbons (Fsp3) is 0.200. The number of hydrogen-bond donors (Lipinski definition) is 1. The first-order chi connectivity index (χ1) is 9.43. The number of amides is 1.